The van der Waals surface area contributed by atoms with Crippen molar-refractivity contribution >= 4 is 23.1 Å². The molecule has 0 atom stereocenters. The van der Waals surface area contributed by atoms with Crippen molar-refractivity contribution in [1.82, 2.24) is 19.5 Å². The van der Waals surface area contributed by atoms with E-state index in [1.165, 1.54) is 4.57 Å². The smallest absolute Gasteiger partial charge is 0.390 e. The maximum atomic E-state index is 11.8. The summed E-state index contributed by atoms with van der Waals surface area (Å²) in [4.78, 5) is 32.2. The third kappa shape index (κ3) is 2.20. The number of H-pyrrole nitrogens is 1. The number of anilines is 1. The summed E-state index contributed by atoms with van der Waals surface area (Å²) in [7, 11) is 0. The molecule has 2 heterocycles. The van der Waals surface area contributed by atoms with Crippen LogP contribution >= 0.6 is 0 Å². The summed E-state index contributed by atoms with van der Waals surface area (Å²) < 4.78 is 1.26. The van der Waals surface area contributed by atoms with Crippen molar-refractivity contribution in [2.45, 2.75) is 6.54 Å². The Balaban J connectivity index is 2.26. The molecular weight excluding hydrogens is 276 g/mol. The van der Waals surface area contributed by atoms with Crippen molar-refractivity contribution in [3.8, 4) is 0 Å². The molecule has 3 N–H and O–H groups in total. The van der Waals surface area contributed by atoms with Crippen LogP contribution in [-0.4, -0.2) is 24.4 Å². The SMILES string of the molecule is Nc1nc2c(nc([N+](=O)[O-])n2Cc2ccccc2)c(=O)[nH]1. The van der Waals surface area contributed by atoms with Crippen LogP contribution in [0.5, 0.6) is 0 Å². The van der Waals surface area contributed by atoms with E-state index in [0.29, 0.717) is 0 Å². The van der Waals surface area contributed by atoms with Gasteiger partial charge in [-0.3, -0.25) is 9.78 Å². The third-order valence-corrected chi connectivity index (χ3v) is 2.95. The Bertz CT molecular complexity index is 883. The van der Waals surface area contributed by atoms with Gasteiger partial charge in [0, 0.05) is 0 Å². The first-order valence-corrected chi connectivity index (χ1v) is 6.00. The van der Waals surface area contributed by atoms with E-state index in [0.717, 1.165) is 5.56 Å². The number of aromatic amines is 1. The lowest BCUT2D eigenvalue weighted by molar-refractivity contribution is -0.396. The van der Waals surface area contributed by atoms with Gasteiger partial charge in [-0.1, -0.05) is 35.3 Å². The molecule has 0 saturated heterocycles. The molecule has 0 spiro atoms. The van der Waals surface area contributed by atoms with E-state index in [1.807, 2.05) is 30.3 Å². The number of nitro groups is 1. The molecule has 2 aromatic heterocycles. The summed E-state index contributed by atoms with van der Waals surface area (Å²) in [6.45, 7) is 0.170. The molecule has 0 amide bonds. The zero-order chi connectivity index (χ0) is 15.0. The van der Waals surface area contributed by atoms with E-state index in [9.17, 15) is 14.9 Å². The van der Waals surface area contributed by atoms with Crippen LogP contribution in [0.2, 0.25) is 0 Å². The highest BCUT2D eigenvalue weighted by molar-refractivity contribution is 5.73. The van der Waals surface area contributed by atoms with Gasteiger partial charge in [0.15, 0.2) is 0 Å². The molecule has 0 bridgehead atoms. The zero-order valence-electron chi connectivity index (χ0n) is 10.7. The lowest BCUT2D eigenvalue weighted by Gasteiger charge is -2.02. The number of nitrogens with one attached hydrogen (secondary N) is 1. The van der Waals surface area contributed by atoms with Gasteiger partial charge >= 0.3 is 5.95 Å². The molecule has 106 valence electrons. The molecule has 0 aliphatic rings. The molecule has 21 heavy (non-hydrogen) atoms. The molecule has 0 fully saturated rings. The van der Waals surface area contributed by atoms with Crippen LogP contribution in [-0.2, 0) is 6.54 Å². The monoisotopic (exact) mass is 286 g/mol. The number of rotatable bonds is 3. The lowest BCUT2D eigenvalue weighted by Crippen LogP contribution is -2.12. The van der Waals surface area contributed by atoms with Crippen LogP contribution in [0.3, 0.4) is 0 Å². The standard InChI is InChI=1S/C12H10N6O3/c13-11-15-9-8(10(19)16-11)14-12(18(20)21)17(9)6-7-4-2-1-3-5-7/h1-5H,6H2,(H3,13,15,16,19). The van der Waals surface area contributed by atoms with Crippen LogP contribution in [0.4, 0.5) is 11.9 Å². The van der Waals surface area contributed by atoms with Crippen LogP contribution in [0, 0.1) is 10.1 Å². The lowest BCUT2D eigenvalue weighted by atomic mass is 10.2. The first kappa shape index (κ1) is 12.8. The second kappa shape index (κ2) is 4.71. The zero-order valence-corrected chi connectivity index (χ0v) is 10.7. The fourth-order valence-electron chi connectivity index (χ4n) is 2.07. The van der Waals surface area contributed by atoms with Gasteiger partial charge in [-0.05, 0) is 10.5 Å². The van der Waals surface area contributed by atoms with Crippen molar-refractivity contribution < 1.29 is 4.92 Å². The van der Waals surface area contributed by atoms with Crippen molar-refractivity contribution in [3.05, 3.63) is 56.4 Å². The van der Waals surface area contributed by atoms with Gasteiger partial charge in [-0.2, -0.15) is 4.98 Å². The van der Waals surface area contributed by atoms with E-state index in [2.05, 4.69) is 15.0 Å². The van der Waals surface area contributed by atoms with E-state index in [1.54, 1.807) is 0 Å². The maximum absolute atomic E-state index is 11.8. The molecule has 0 radical (unpaired) electrons. The molecular formula is C12H10N6O3. The van der Waals surface area contributed by atoms with Crippen molar-refractivity contribution in [3.63, 3.8) is 0 Å². The second-order valence-electron chi connectivity index (χ2n) is 4.36. The number of benzene rings is 1. The maximum Gasteiger partial charge on any atom is 0.437 e. The van der Waals surface area contributed by atoms with E-state index >= 15 is 0 Å². The number of aromatic nitrogens is 4. The fraction of sp³-hybridized carbons (Fsp3) is 0.0833. The average molecular weight is 286 g/mol. The van der Waals surface area contributed by atoms with Crippen molar-refractivity contribution in [2.24, 2.45) is 0 Å². The minimum Gasteiger partial charge on any atom is -0.390 e. The largest absolute Gasteiger partial charge is 0.437 e. The number of hydrogen-bond donors (Lipinski definition) is 2. The Morgan fingerprint density at radius 2 is 2.00 bits per heavy atom. The Morgan fingerprint density at radius 3 is 2.67 bits per heavy atom. The van der Waals surface area contributed by atoms with Gasteiger partial charge in [0.2, 0.25) is 11.6 Å². The predicted molar refractivity (Wildman–Crippen MR) is 74.8 cm³/mol. The molecule has 9 heteroatoms. The number of hydrogen-bond acceptors (Lipinski definition) is 6. The summed E-state index contributed by atoms with van der Waals surface area (Å²) >= 11 is 0. The fourth-order valence-corrected chi connectivity index (χ4v) is 2.07. The van der Waals surface area contributed by atoms with Gasteiger partial charge in [0.1, 0.15) is 0 Å². The van der Waals surface area contributed by atoms with E-state index < -0.39 is 16.4 Å². The van der Waals surface area contributed by atoms with Crippen LogP contribution < -0.4 is 11.3 Å². The first-order chi connectivity index (χ1) is 10.1. The van der Waals surface area contributed by atoms with Gasteiger partial charge in [0.05, 0.1) is 6.54 Å². The predicted octanol–water partition coefficient (Wildman–Crippen LogP) is 0.658. The quantitative estimate of drug-likeness (QED) is 0.536. The minimum atomic E-state index is -0.653. The van der Waals surface area contributed by atoms with Gasteiger partial charge in [-0.15, -0.1) is 0 Å². The molecule has 3 aromatic rings. The molecule has 1 aromatic carbocycles. The Morgan fingerprint density at radius 1 is 1.29 bits per heavy atom. The van der Waals surface area contributed by atoms with Crippen LogP contribution in [0.1, 0.15) is 5.56 Å². The number of fused-ring (bicyclic) bond motifs is 1. The summed E-state index contributed by atoms with van der Waals surface area (Å²) in [5.74, 6) is -0.561. The Labute approximate surface area is 117 Å². The highest BCUT2D eigenvalue weighted by atomic mass is 16.6. The Hall–Kier alpha value is -3.23. The number of imidazole rings is 1. The number of nitrogens with zero attached hydrogens (tertiary/aromatic N) is 4. The number of nitrogens with two attached hydrogens (primary N) is 1. The average Bonchev–Trinajstić information content (AvgIpc) is 2.79. The summed E-state index contributed by atoms with van der Waals surface area (Å²) in [5, 5.41) is 11.1. The second-order valence-corrected chi connectivity index (χ2v) is 4.36. The molecule has 9 nitrogen and oxygen atoms in total. The Kier molecular flexibility index (Phi) is 2.87. The molecule has 3 rings (SSSR count). The summed E-state index contributed by atoms with van der Waals surface area (Å²) in [6, 6.07) is 9.09. The highest BCUT2D eigenvalue weighted by Crippen LogP contribution is 2.19. The third-order valence-electron chi connectivity index (χ3n) is 2.95. The van der Waals surface area contributed by atoms with Crippen LogP contribution in [0.25, 0.3) is 11.2 Å². The van der Waals surface area contributed by atoms with Gasteiger partial charge in [-0.25, -0.2) is 4.57 Å². The number of nitrogen functional groups attached to an aromatic ring is 1. The highest BCUT2D eigenvalue weighted by Gasteiger charge is 2.25. The van der Waals surface area contributed by atoms with E-state index in [-0.39, 0.29) is 23.7 Å². The summed E-state index contributed by atoms with van der Waals surface area (Å²) in [5.41, 5.74) is 5.70. The van der Waals surface area contributed by atoms with E-state index in [4.69, 9.17) is 5.73 Å². The molecule has 0 aliphatic carbocycles. The minimum absolute atomic E-state index is 0.0896. The summed E-state index contributed by atoms with van der Waals surface area (Å²) in [6.07, 6.45) is 0. The van der Waals surface area contributed by atoms with Gasteiger partial charge < -0.3 is 15.8 Å². The molecule has 0 saturated carbocycles. The normalized spacial score (nSPS) is 10.9. The van der Waals surface area contributed by atoms with Crippen molar-refractivity contribution in [1.29, 1.82) is 0 Å². The molecule has 0 unspecified atom stereocenters. The van der Waals surface area contributed by atoms with Gasteiger partial charge in [0.25, 0.3) is 11.1 Å². The molecule has 0 aliphatic heterocycles. The topological polar surface area (TPSA) is 133 Å². The van der Waals surface area contributed by atoms with Crippen LogP contribution in [0.15, 0.2) is 35.1 Å². The van der Waals surface area contributed by atoms with Crippen molar-refractivity contribution in [2.75, 3.05) is 5.73 Å². The first-order valence-electron chi connectivity index (χ1n) is 6.00.